The number of esters is 1. The van der Waals surface area contributed by atoms with E-state index in [1.807, 2.05) is 6.07 Å². The van der Waals surface area contributed by atoms with E-state index in [1.54, 1.807) is 63.2 Å². The van der Waals surface area contributed by atoms with Crippen molar-refractivity contribution >= 4 is 23.3 Å². The van der Waals surface area contributed by atoms with Crippen LogP contribution in [-0.4, -0.2) is 34.9 Å². The molecule has 1 aromatic heterocycles. The van der Waals surface area contributed by atoms with Gasteiger partial charge in [0.05, 0.1) is 12.8 Å². The van der Waals surface area contributed by atoms with Crippen LogP contribution in [0.2, 0.25) is 0 Å². The van der Waals surface area contributed by atoms with Gasteiger partial charge in [-0.2, -0.15) is 0 Å². The fraction of sp³-hybridized carbons (Fsp3) is 0.207. The molecule has 0 bridgehead atoms. The van der Waals surface area contributed by atoms with E-state index in [2.05, 4.69) is 26.4 Å². The minimum atomic E-state index is -0.806. The first kappa shape index (κ1) is 26.1. The third-order valence-corrected chi connectivity index (χ3v) is 6.59. The van der Waals surface area contributed by atoms with Crippen molar-refractivity contribution in [2.24, 2.45) is 10.9 Å². The summed E-state index contributed by atoms with van der Waals surface area (Å²) in [6.07, 6.45) is 5.61. The molecule has 2 atom stereocenters. The number of allylic oxidation sites excluding steroid dienone is 1. The molecule has 2 heterocycles. The van der Waals surface area contributed by atoms with Crippen LogP contribution in [-0.2, 0) is 14.3 Å². The van der Waals surface area contributed by atoms with Gasteiger partial charge in [0.1, 0.15) is 5.92 Å². The summed E-state index contributed by atoms with van der Waals surface area (Å²) < 4.78 is 5.07. The van der Waals surface area contributed by atoms with Crippen LogP contribution >= 0.6 is 0 Å². The zero-order chi connectivity index (χ0) is 27.6. The van der Waals surface area contributed by atoms with Gasteiger partial charge in [0, 0.05) is 39.7 Å². The summed E-state index contributed by atoms with van der Waals surface area (Å²) in [4.78, 5) is 54.6. The third-order valence-electron chi connectivity index (χ3n) is 6.59. The van der Waals surface area contributed by atoms with Crippen LogP contribution in [0.4, 0.5) is 5.69 Å². The number of anilines is 1. The minimum Gasteiger partial charge on any atom is -0.468 e. The van der Waals surface area contributed by atoms with Crippen LogP contribution in [0.5, 0.6) is 0 Å². The number of amides is 1. The number of nitrogens with one attached hydrogen (secondary N) is 3. The zero-order valence-electron chi connectivity index (χ0n) is 21.3. The van der Waals surface area contributed by atoms with Gasteiger partial charge < -0.3 is 10.1 Å². The molecular formula is C29H26N4O5. The second-order valence-electron chi connectivity index (χ2n) is 8.94. The Balaban J connectivity index is 1.71. The standard InChI is InChI=1S/C29H26N4O5/c1-6-18-8-7-9-20(14-18)24-22(16(3)30-17(4)23(24)29(37)38-5)27(35)31-21-12-10-19(11-13-21)25-15(2)26(34)28(36)33-32-25/h1,7-14,23-24H,2-5H3,(H,31,35)(H,32,34)(H,33,36). The fourth-order valence-electron chi connectivity index (χ4n) is 4.71. The zero-order valence-corrected chi connectivity index (χ0v) is 21.3. The Morgan fingerprint density at radius 3 is 2.42 bits per heavy atom. The maximum absolute atomic E-state index is 13.7. The molecule has 2 aromatic carbocycles. The summed E-state index contributed by atoms with van der Waals surface area (Å²) in [5.41, 5.74) is 3.21. The lowest BCUT2D eigenvalue weighted by molar-refractivity contribution is -0.143. The Kier molecular flexibility index (Phi) is 7.26. The molecule has 4 rings (SSSR count). The van der Waals surface area contributed by atoms with Crippen molar-refractivity contribution in [2.45, 2.75) is 26.7 Å². The van der Waals surface area contributed by atoms with Crippen LogP contribution in [0.3, 0.4) is 0 Å². The molecule has 3 N–H and O–H groups in total. The summed E-state index contributed by atoms with van der Waals surface area (Å²) in [5.74, 6) is 0.194. The number of aromatic amines is 2. The lowest BCUT2D eigenvalue weighted by Gasteiger charge is -2.31. The molecule has 9 heteroatoms. The number of terminal acetylenes is 1. The third kappa shape index (κ3) is 4.84. The van der Waals surface area contributed by atoms with Crippen molar-refractivity contribution in [3.05, 3.63) is 97.1 Å². The smallest absolute Gasteiger partial charge is 0.315 e. The first-order valence-electron chi connectivity index (χ1n) is 11.8. The van der Waals surface area contributed by atoms with Crippen LogP contribution in [0.15, 0.2) is 74.4 Å². The van der Waals surface area contributed by atoms with E-state index in [9.17, 15) is 19.2 Å². The number of ether oxygens (including phenoxy) is 1. The monoisotopic (exact) mass is 510 g/mol. The van der Waals surface area contributed by atoms with Gasteiger partial charge in [0.15, 0.2) is 0 Å². The topological polar surface area (TPSA) is 133 Å². The maximum Gasteiger partial charge on any atom is 0.315 e. The average Bonchev–Trinajstić information content (AvgIpc) is 2.91. The van der Waals surface area contributed by atoms with Crippen LogP contribution in [0, 0.1) is 25.2 Å². The molecule has 1 amide bonds. The predicted octanol–water partition coefficient (Wildman–Crippen LogP) is 3.28. The first-order valence-corrected chi connectivity index (χ1v) is 11.8. The largest absolute Gasteiger partial charge is 0.468 e. The second-order valence-corrected chi connectivity index (χ2v) is 8.94. The van der Waals surface area contributed by atoms with E-state index in [0.717, 1.165) is 0 Å². The Morgan fingerprint density at radius 1 is 1.05 bits per heavy atom. The molecule has 0 saturated heterocycles. The lowest BCUT2D eigenvalue weighted by Crippen LogP contribution is -2.37. The summed E-state index contributed by atoms with van der Waals surface area (Å²) in [6, 6.07) is 13.9. The molecule has 0 fully saturated rings. The van der Waals surface area contributed by atoms with E-state index in [4.69, 9.17) is 11.2 Å². The highest BCUT2D eigenvalue weighted by Gasteiger charge is 2.41. The highest BCUT2D eigenvalue weighted by atomic mass is 16.5. The van der Waals surface area contributed by atoms with Gasteiger partial charge in [-0.05, 0) is 56.2 Å². The molecule has 3 aromatic rings. The van der Waals surface area contributed by atoms with E-state index < -0.39 is 34.7 Å². The lowest BCUT2D eigenvalue weighted by atomic mass is 9.75. The number of carbonyl (C=O) groups is 2. The molecule has 0 spiro atoms. The van der Waals surface area contributed by atoms with Crippen LogP contribution in [0.25, 0.3) is 11.3 Å². The quantitative estimate of drug-likeness (QED) is 0.275. The number of benzene rings is 2. The van der Waals surface area contributed by atoms with E-state index in [0.29, 0.717) is 45.1 Å². The number of rotatable bonds is 5. The molecule has 1 aliphatic heterocycles. The van der Waals surface area contributed by atoms with Gasteiger partial charge in [-0.3, -0.25) is 34.4 Å². The molecule has 9 nitrogen and oxygen atoms in total. The Hall–Kier alpha value is -4.97. The second kappa shape index (κ2) is 10.6. The minimum absolute atomic E-state index is 0.285. The van der Waals surface area contributed by atoms with Crippen molar-refractivity contribution in [1.29, 1.82) is 0 Å². The molecule has 2 unspecified atom stereocenters. The molecule has 38 heavy (non-hydrogen) atoms. The van der Waals surface area contributed by atoms with Gasteiger partial charge >= 0.3 is 11.5 Å². The number of hydrogen-bond donors (Lipinski definition) is 3. The maximum atomic E-state index is 13.7. The molecular weight excluding hydrogens is 484 g/mol. The normalized spacial score (nSPS) is 16.9. The molecule has 0 saturated carbocycles. The van der Waals surface area contributed by atoms with Crippen molar-refractivity contribution < 1.29 is 14.3 Å². The van der Waals surface area contributed by atoms with Gasteiger partial charge in [-0.1, -0.05) is 30.2 Å². The predicted molar refractivity (Wildman–Crippen MR) is 145 cm³/mol. The van der Waals surface area contributed by atoms with E-state index >= 15 is 0 Å². The van der Waals surface area contributed by atoms with Gasteiger partial charge in [-0.15, -0.1) is 6.42 Å². The first-order chi connectivity index (χ1) is 18.2. The number of hydrogen-bond acceptors (Lipinski definition) is 6. The number of aromatic nitrogens is 2. The summed E-state index contributed by atoms with van der Waals surface area (Å²) in [5, 5.41) is 7.94. The van der Waals surface area contributed by atoms with Gasteiger partial charge in [-0.25, -0.2) is 0 Å². The van der Waals surface area contributed by atoms with E-state index in [-0.39, 0.29) is 5.56 Å². The summed E-state index contributed by atoms with van der Waals surface area (Å²) in [6.45, 7) is 5.02. The number of H-pyrrole nitrogens is 2. The van der Waals surface area contributed by atoms with Crippen LogP contribution < -0.4 is 16.3 Å². The average molecular weight is 511 g/mol. The summed E-state index contributed by atoms with van der Waals surface area (Å²) in [7, 11) is 1.30. The highest BCUT2D eigenvalue weighted by molar-refractivity contribution is 6.11. The Morgan fingerprint density at radius 2 is 1.76 bits per heavy atom. The number of aliphatic imine (C=N–C) groups is 1. The van der Waals surface area contributed by atoms with Crippen LogP contribution in [0.1, 0.15) is 36.5 Å². The Bertz CT molecular complexity index is 1650. The van der Waals surface area contributed by atoms with Crippen molar-refractivity contribution in [3.63, 3.8) is 0 Å². The molecule has 0 aliphatic carbocycles. The van der Waals surface area contributed by atoms with E-state index in [1.165, 1.54) is 7.11 Å². The highest BCUT2D eigenvalue weighted by Crippen LogP contribution is 2.40. The number of carbonyl (C=O) groups excluding carboxylic acids is 2. The summed E-state index contributed by atoms with van der Waals surface area (Å²) >= 11 is 0. The van der Waals surface area contributed by atoms with Gasteiger partial charge in [0.25, 0.3) is 5.91 Å². The molecule has 0 radical (unpaired) electrons. The van der Waals surface area contributed by atoms with Crippen molar-refractivity contribution in [1.82, 2.24) is 10.2 Å². The van der Waals surface area contributed by atoms with Crippen molar-refractivity contribution in [3.8, 4) is 23.6 Å². The molecule has 1 aliphatic rings. The number of nitrogens with zero attached hydrogens (tertiary/aromatic N) is 1. The molecule has 192 valence electrons. The Labute approximate surface area is 218 Å². The van der Waals surface area contributed by atoms with Crippen molar-refractivity contribution in [2.75, 3.05) is 12.4 Å². The SMILES string of the molecule is C#Cc1cccc(C2C(C(=O)Nc3ccc(-c4[nH][nH]c(=O)c(=O)c4C)cc3)=C(C)N=C(C)C2C(=O)OC)c1. The van der Waals surface area contributed by atoms with Gasteiger partial charge in [0.2, 0.25) is 5.43 Å². The number of methoxy groups -OCH3 is 1. The fourth-order valence-corrected chi connectivity index (χ4v) is 4.71.